The summed E-state index contributed by atoms with van der Waals surface area (Å²) in [5, 5.41) is 10.5. The van der Waals surface area contributed by atoms with E-state index < -0.39 is 0 Å². The number of amides is 2. The average Bonchev–Trinajstić information content (AvgIpc) is 2.82. The van der Waals surface area contributed by atoms with Crippen LogP contribution in [0.5, 0.6) is 0 Å². The van der Waals surface area contributed by atoms with Crippen molar-refractivity contribution in [3.63, 3.8) is 0 Å². The molecule has 1 fully saturated rings. The Kier molecular flexibility index (Phi) is 4.13. The molecule has 7 heteroatoms. The number of hydrogen-bond donors (Lipinski definition) is 1. The maximum absolute atomic E-state index is 12.0. The molecule has 1 atom stereocenters. The molecule has 2 rings (SSSR count). The molecule has 1 aliphatic heterocycles. The van der Waals surface area contributed by atoms with E-state index in [4.69, 9.17) is 0 Å². The van der Waals surface area contributed by atoms with Gasteiger partial charge in [-0.15, -0.1) is 10.2 Å². The van der Waals surface area contributed by atoms with Gasteiger partial charge in [0.1, 0.15) is 12.2 Å². The fourth-order valence-electron chi connectivity index (χ4n) is 2.39. The van der Waals surface area contributed by atoms with Crippen LogP contribution in [0.4, 0.5) is 0 Å². The van der Waals surface area contributed by atoms with Crippen molar-refractivity contribution in [3.05, 3.63) is 12.2 Å². The number of carbonyl (C=O) groups excluding carboxylic acids is 2. The van der Waals surface area contributed by atoms with E-state index in [-0.39, 0.29) is 24.3 Å². The van der Waals surface area contributed by atoms with Crippen LogP contribution in [0.15, 0.2) is 6.33 Å². The van der Waals surface area contributed by atoms with Crippen LogP contribution in [0.2, 0.25) is 0 Å². The lowest BCUT2D eigenvalue weighted by molar-refractivity contribution is -0.133. The van der Waals surface area contributed by atoms with Gasteiger partial charge in [-0.2, -0.15) is 0 Å². The first-order chi connectivity index (χ1) is 9.08. The van der Waals surface area contributed by atoms with Crippen LogP contribution in [0, 0.1) is 0 Å². The molecule has 0 spiro atoms. The average molecular weight is 265 g/mol. The van der Waals surface area contributed by atoms with Gasteiger partial charge in [0.15, 0.2) is 0 Å². The molecule has 1 aliphatic rings. The van der Waals surface area contributed by atoms with E-state index in [1.807, 2.05) is 11.6 Å². The summed E-state index contributed by atoms with van der Waals surface area (Å²) in [4.78, 5) is 24.6. The predicted molar refractivity (Wildman–Crippen MR) is 68.2 cm³/mol. The highest BCUT2D eigenvalue weighted by Gasteiger charge is 2.27. The zero-order chi connectivity index (χ0) is 13.8. The first-order valence-corrected chi connectivity index (χ1v) is 6.44. The lowest BCUT2D eigenvalue weighted by atomic mass is 9.97. The van der Waals surface area contributed by atoms with E-state index in [1.165, 1.54) is 6.92 Å². The summed E-state index contributed by atoms with van der Waals surface area (Å²) >= 11 is 0. The molecule has 2 amide bonds. The fraction of sp³-hybridized carbons (Fsp3) is 0.667. The Hall–Kier alpha value is -1.92. The summed E-state index contributed by atoms with van der Waals surface area (Å²) in [6.07, 6.45) is 3.63. The van der Waals surface area contributed by atoms with E-state index in [1.54, 1.807) is 11.2 Å². The van der Waals surface area contributed by atoms with Gasteiger partial charge in [0, 0.05) is 33.0 Å². The number of aromatic nitrogens is 3. The van der Waals surface area contributed by atoms with Crippen LogP contribution in [-0.4, -0.2) is 51.1 Å². The Morgan fingerprint density at radius 1 is 1.53 bits per heavy atom. The molecular weight excluding hydrogens is 246 g/mol. The molecule has 2 heterocycles. The second-order valence-electron chi connectivity index (χ2n) is 4.89. The van der Waals surface area contributed by atoms with Crippen LogP contribution in [0.1, 0.15) is 31.5 Å². The van der Waals surface area contributed by atoms with Gasteiger partial charge in [-0.3, -0.25) is 9.59 Å². The highest BCUT2D eigenvalue weighted by molar-refractivity contribution is 5.83. The molecule has 1 saturated heterocycles. The Bertz CT molecular complexity index is 470. The molecule has 104 valence electrons. The number of aryl methyl sites for hydroxylation is 1. The third-order valence-corrected chi connectivity index (χ3v) is 3.37. The Labute approximate surface area is 112 Å². The normalized spacial score (nSPS) is 19.3. The smallest absolute Gasteiger partial charge is 0.241 e. The minimum absolute atomic E-state index is 0.0398. The topological polar surface area (TPSA) is 80.1 Å². The van der Waals surface area contributed by atoms with Crippen molar-refractivity contribution in [2.24, 2.45) is 7.05 Å². The highest BCUT2D eigenvalue weighted by Crippen LogP contribution is 2.24. The van der Waals surface area contributed by atoms with Crippen molar-refractivity contribution in [1.29, 1.82) is 0 Å². The first kappa shape index (κ1) is 13.5. The predicted octanol–water partition coefficient (Wildman–Crippen LogP) is -0.343. The molecule has 0 radical (unpaired) electrons. The largest absolute Gasteiger partial charge is 0.347 e. The van der Waals surface area contributed by atoms with Crippen LogP contribution >= 0.6 is 0 Å². The maximum Gasteiger partial charge on any atom is 0.241 e. The molecule has 1 N–H and O–H groups in total. The van der Waals surface area contributed by atoms with E-state index in [9.17, 15) is 9.59 Å². The summed E-state index contributed by atoms with van der Waals surface area (Å²) in [5.74, 6) is 0.914. The van der Waals surface area contributed by atoms with Crippen molar-refractivity contribution in [1.82, 2.24) is 25.0 Å². The van der Waals surface area contributed by atoms with Gasteiger partial charge in [-0.05, 0) is 12.8 Å². The lowest BCUT2D eigenvalue weighted by Gasteiger charge is -2.32. The van der Waals surface area contributed by atoms with E-state index in [0.29, 0.717) is 6.54 Å². The molecule has 0 bridgehead atoms. The van der Waals surface area contributed by atoms with Crippen molar-refractivity contribution in [2.45, 2.75) is 25.7 Å². The number of likely N-dealkylation sites (tertiary alicyclic amines) is 1. The van der Waals surface area contributed by atoms with Crippen molar-refractivity contribution in [3.8, 4) is 0 Å². The standard InChI is InChI=1S/C12H19N5O2/c1-9(18)13-6-11(19)17-5-3-4-10(7-17)12-15-14-8-16(12)2/h8,10H,3-7H2,1-2H3,(H,13,18). The van der Waals surface area contributed by atoms with Crippen LogP contribution in [-0.2, 0) is 16.6 Å². The molecule has 7 nitrogen and oxygen atoms in total. The van der Waals surface area contributed by atoms with Crippen molar-refractivity contribution >= 4 is 11.8 Å². The Morgan fingerprint density at radius 3 is 2.95 bits per heavy atom. The van der Waals surface area contributed by atoms with Gasteiger partial charge in [-0.25, -0.2) is 0 Å². The van der Waals surface area contributed by atoms with Crippen molar-refractivity contribution < 1.29 is 9.59 Å². The van der Waals surface area contributed by atoms with Crippen LogP contribution < -0.4 is 5.32 Å². The number of rotatable bonds is 3. The maximum atomic E-state index is 12.0. The van der Waals surface area contributed by atoms with Crippen LogP contribution in [0.25, 0.3) is 0 Å². The summed E-state index contributed by atoms with van der Waals surface area (Å²) in [6.45, 7) is 2.87. The Morgan fingerprint density at radius 2 is 2.32 bits per heavy atom. The molecule has 1 aromatic rings. The zero-order valence-electron chi connectivity index (χ0n) is 11.3. The summed E-state index contributed by atoms with van der Waals surface area (Å²) < 4.78 is 1.90. The SMILES string of the molecule is CC(=O)NCC(=O)N1CCCC(c2nncn2C)C1. The van der Waals surface area contributed by atoms with Gasteiger partial charge in [0.2, 0.25) is 11.8 Å². The lowest BCUT2D eigenvalue weighted by Crippen LogP contribution is -2.44. The molecule has 19 heavy (non-hydrogen) atoms. The van der Waals surface area contributed by atoms with Gasteiger partial charge < -0.3 is 14.8 Å². The molecule has 1 unspecified atom stereocenters. The summed E-state index contributed by atoms with van der Waals surface area (Å²) in [5.41, 5.74) is 0. The molecule has 0 saturated carbocycles. The fourth-order valence-corrected chi connectivity index (χ4v) is 2.39. The summed E-state index contributed by atoms with van der Waals surface area (Å²) in [7, 11) is 1.91. The summed E-state index contributed by atoms with van der Waals surface area (Å²) in [6, 6.07) is 0. The van der Waals surface area contributed by atoms with Crippen molar-refractivity contribution in [2.75, 3.05) is 19.6 Å². The van der Waals surface area contributed by atoms with Crippen LogP contribution in [0.3, 0.4) is 0 Å². The quantitative estimate of drug-likeness (QED) is 0.810. The Balaban J connectivity index is 1.95. The second kappa shape index (κ2) is 5.81. The van der Waals surface area contributed by atoms with Gasteiger partial charge in [-0.1, -0.05) is 0 Å². The monoisotopic (exact) mass is 265 g/mol. The minimum Gasteiger partial charge on any atom is -0.347 e. The molecule has 0 aliphatic carbocycles. The second-order valence-corrected chi connectivity index (χ2v) is 4.89. The molecule has 1 aromatic heterocycles. The number of hydrogen-bond acceptors (Lipinski definition) is 4. The minimum atomic E-state index is -0.185. The number of nitrogens with zero attached hydrogens (tertiary/aromatic N) is 4. The van der Waals surface area contributed by atoms with Gasteiger partial charge >= 0.3 is 0 Å². The van der Waals surface area contributed by atoms with Gasteiger partial charge in [0.05, 0.1) is 6.54 Å². The third kappa shape index (κ3) is 3.30. The number of piperidine rings is 1. The van der Waals surface area contributed by atoms with Gasteiger partial charge in [0.25, 0.3) is 0 Å². The number of nitrogens with one attached hydrogen (secondary N) is 1. The molecular formula is C12H19N5O2. The first-order valence-electron chi connectivity index (χ1n) is 6.44. The highest BCUT2D eigenvalue weighted by atomic mass is 16.2. The third-order valence-electron chi connectivity index (χ3n) is 3.37. The van der Waals surface area contributed by atoms with E-state index in [2.05, 4.69) is 15.5 Å². The molecule has 0 aromatic carbocycles. The van der Waals surface area contributed by atoms with E-state index in [0.717, 1.165) is 25.2 Å². The zero-order valence-corrected chi connectivity index (χ0v) is 11.3. The van der Waals surface area contributed by atoms with E-state index >= 15 is 0 Å². The number of carbonyl (C=O) groups is 2.